The fourth-order valence-corrected chi connectivity index (χ4v) is 3.62. The molecule has 4 rings (SSSR count). The third-order valence-corrected chi connectivity index (χ3v) is 5.27. The highest BCUT2D eigenvalue weighted by atomic mass is 16.2. The Balaban J connectivity index is 1.40. The van der Waals surface area contributed by atoms with Crippen LogP contribution in [-0.4, -0.2) is 77.7 Å². The van der Waals surface area contributed by atoms with Gasteiger partial charge in [0.05, 0.1) is 5.69 Å². The molecule has 0 aliphatic carbocycles. The third-order valence-electron chi connectivity index (χ3n) is 5.27. The van der Waals surface area contributed by atoms with Crippen LogP contribution in [0.5, 0.6) is 0 Å². The number of anilines is 1. The first-order valence-electron chi connectivity index (χ1n) is 10.1. The number of carbonyl (C=O) groups excluding carboxylic acids is 1. The second kappa shape index (κ2) is 9.17. The average molecular weight is 397 g/mol. The lowest BCUT2D eigenvalue weighted by atomic mass is 10.2. The minimum absolute atomic E-state index is 0.228. The van der Waals surface area contributed by atoms with E-state index in [1.807, 2.05) is 24.3 Å². The Hall–Kier alpha value is -2.75. The van der Waals surface area contributed by atoms with E-state index in [-0.39, 0.29) is 11.8 Å². The minimum atomic E-state index is -0.419. The van der Waals surface area contributed by atoms with Crippen molar-refractivity contribution >= 4 is 11.8 Å². The zero-order valence-corrected chi connectivity index (χ0v) is 16.4. The molecule has 2 aliphatic heterocycles. The van der Waals surface area contributed by atoms with E-state index < -0.39 is 5.69 Å². The van der Waals surface area contributed by atoms with E-state index in [0.29, 0.717) is 13.1 Å². The molecule has 0 radical (unpaired) electrons. The summed E-state index contributed by atoms with van der Waals surface area (Å²) in [6.45, 7) is 7.88. The van der Waals surface area contributed by atoms with Crippen LogP contribution in [0, 0.1) is 0 Å². The van der Waals surface area contributed by atoms with Gasteiger partial charge in [-0.1, -0.05) is 12.1 Å². The molecule has 0 bridgehead atoms. The molecule has 0 spiro atoms. The molecular formula is C20H27N7O2. The van der Waals surface area contributed by atoms with Crippen LogP contribution in [0.15, 0.2) is 41.3 Å². The van der Waals surface area contributed by atoms with Crippen molar-refractivity contribution in [2.75, 3.05) is 57.7 Å². The second-order valence-electron chi connectivity index (χ2n) is 7.33. The van der Waals surface area contributed by atoms with Gasteiger partial charge in [0, 0.05) is 65.1 Å². The molecule has 2 fully saturated rings. The molecule has 29 heavy (non-hydrogen) atoms. The van der Waals surface area contributed by atoms with Gasteiger partial charge in [0.2, 0.25) is 0 Å². The molecule has 1 aromatic carbocycles. The minimum Gasteiger partial charge on any atom is -0.322 e. The molecule has 0 unspecified atom stereocenters. The Morgan fingerprint density at radius 2 is 1.62 bits per heavy atom. The van der Waals surface area contributed by atoms with Crippen molar-refractivity contribution in [1.29, 1.82) is 0 Å². The van der Waals surface area contributed by atoms with Crippen LogP contribution in [-0.2, 0) is 6.54 Å². The van der Waals surface area contributed by atoms with Gasteiger partial charge in [-0.3, -0.25) is 14.8 Å². The van der Waals surface area contributed by atoms with Crippen molar-refractivity contribution in [3.8, 4) is 5.69 Å². The monoisotopic (exact) mass is 397 g/mol. The summed E-state index contributed by atoms with van der Waals surface area (Å²) >= 11 is 0. The molecule has 0 saturated carbocycles. The number of benzene rings is 1. The van der Waals surface area contributed by atoms with Crippen LogP contribution >= 0.6 is 0 Å². The van der Waals surface area contributed by atoms with Crippen molar-refractivity contribution < 1.29 is 4.79 Å². The summed E-state index contributed by atoms with van der Waals surface area (Å²) in [6, 6.07) is 9.37. The van der Waals surface area contributed by atoms with E-state index in [1.54, 1.807) is 17.2 Å². The van der Waals surface area contributed by atoms with E-state index in [1.165, 1.54) is 10.1 Å². The summed E-state index contributed by atoms with van der Waals surface area (Å²) in [5.41, 5.74) is 1.56. The topological polar surface area (TPSA) is 94.5 Å². The van der Waals surface area contributed by atoms with Crippen molar-refractivity contribution in [3.05, 3.63) is 52.6 Å². The summed E-state index contributed by atoms with van der Waals surface area (Å²) in [5, 5.41) is 9.26. The molecule has 9 heteroatoms. The molecule has 3 heterocycles. The number of urea groups is 1. The Kier molecular flexibility index (Phi) is 6.18. The number of amides is 2. The maximum atomic E-state index is 12.5. The van der Waals surface area contributed by atoms with E-state index in [0.717, 1.165) is 51.5 Å². The van der Waals surface area contributed by atoms with Crippen molar-refractivity contribution in [1.82, 2.24) is 30.0 Å². The molecule has 3 N–H and O–H groups in total. The van der Waals surface area contributed by atoms with Gasteiger partial charge in [0.25, 0.3) is 0 Å². The lowest BCUT2D eigenvalue weighted by Gasteiger charge is -2.27. The Morgan fingerprint density at radius 3 is 2.28 bits per heavy atom. The van der Waals surface area contributed by atoms with Gasteiger partial charge in [-0.05, 0) is 23.8 Å². The lowest BCUT2D eigenvalue weighted by molar-refractivity contribution is 0.204. The van der Waals surface area contributed by atoms with Crippen LogP contribution < -0.4 is 21.6 Å². The maximum absolute atomic E-state index is 12.5. The van der Waals surface area contributed by atoms with E-state index >= 15 is 0 Å². The van der Waals surface area contributed by atoms with Crippen molar-refractivity contribution in [2.45, 2.75) is 6.54 Å². The average Bonchev–Trinajstić information content (AvgIpc) is 2.76. The van der Waals surface area contributed by atoms with Crippen LogP contribution in [0.2, 0.25) is 0 Å². The van der Waals surface area contributed by atoms with Gasteiger partial charge in [0.15, 0.2) is 0 Å². The first-order valence-corrected chi connectivity index (χ1v) is 10.1. The molecule has 2 amide bonds. The summed E-state index contributed by atoms with van der Waals surface area (Å²) in [6.07, 6.45) is 1.65. The molecule has 154 valence electrons. The molecule has 0 atom stereocenters. The summed E-state index contributed by atoms with van der Waals surface area (Å²) in [5.74, 6) is 0.269. The fraction of sp³-hybridized carbons (Fsp3) is 0.450. The first kappa shape index (κ1) is 19.6. The molecular weight excluding hydrogens is 370 g/mol. The highest BCUT2D eigenvalue weighted by Crippen LogP contribution is 2.11. The Labute approximate surface area is 169 Å². The highest BCUT2D eigenvalue weighted by Gasteiger charge is 2.17. The maximum Gasteiger partial charge on any atom is 0.354 e. The summed E-state index contributed by atoms with van der Waals surface area (Å²) in [7, 11) is 0. The number of carbonyl (C=O) groups is 1. The molecule has 1 aromatic heterocycles. The quantitative estimate of drug-likeness (QED) is 0.676. The number of rotatable bonds is 4. The van der Waals surface area contributed by atoms with Gasteiger partial charge < -0.3 is 15.5 Å². The van der Waals surface area contributed by atoms with E-state index in [2.05, 4.69) is 25.8 Å². The molecule has 2 aliphatic rings. The molecule has 9 nitrogen and oxygen atoms in total. The lowest BCUT2D eigenvalue weighted by Crippen LogP contribution is -2.48. The smallest absolute Gasteiger partial charge is 0.322 e. The van der Waals surface area contributed by atoms with Crippen molar-refractivity contribution in [3.63, 3.8) is 0 Å². The van der Waals surface area contributed by atoms with Gasteiger partial charge in [0.1, 0.15) is 5.82 Å². The van der Waals surface area contributed by atoms with Gasteiger partial charge in [-0.25, -0.2) is 9.59 Å². The predicted octanol–water partition coefficient (Wildman–Crippen LogP) is 0.0748. The number of nitrogens with zero attached hydrogens (tertiary/aromatic N) is 4. The first-order chi connectivity index (χ1) is 14.2. The second-order valence-corrected chi connectivity index (χ2v) is 7.33. The molecule has 2 saturated heterocycles. The zero-order valence-electron chi connectivity index (χ0n) is 16.4. The van der Waals surface area contributed by atoms with Gasteiger partial charge in [-0.2, -0.15) is 4.98 Å². The summed E-state index contributed by atoms with van der Waals surface area (Å²) < 4.78 is 1.48. The zero-order chi connectivity index (χ0) is 20.1. The third kappa shape index (κ3) is 5.00. The van der Waals surface area contributed by atoms with Crippen molar-refractivity contribution in [2.24, 2.45) is 0 Å². The standard InChI is InChI=1S/C20H27N7O2/c28-19(26-13-8-22-9-14-26)23-18-5-10-27(20(29)24-18)17-3-1-16(2-4-17)15-25-11-6-21-7-12-25/h1-5,10,21-22H,6-9,11-15H2,(H,23,24,28,29). The summed E-state index contributed by atoms with van der Waals surface area (Å²) in [4.78, 5) is 32.9. The van der Waals surface area contributed by atoms with E-state index in [4.69, 9.17) is 0 Å². The predicted molar refractivity (Wildman–Crippen MR) is 111 cm³/mol. The Bertz CT molecular complexity index is 884. The molecule has 2 aromatic rings. The normalized spacial score (nSPS) is 17.9. The SMILES string of the molecule is O=C(Nc1ccn(-c2ccc(CN3CCNCC3)cc2)c(=O)n1)N1CCNCC1. The van der Waals surface area contributed by atoms with Gasteiger partial charge >= 0.3 is 11.7 Å². The van der Waals surface area contributed by atoms with Crippen LogP contribution in [0.1, 0.15) is 5.56 Å². The number of nitrogens with one attached hydrogen (secondary N) is 3. The largest absolute Gasteiger partial charge is 0.354 e. The highest BCUT2D eigenvalue weighted by molar-refractivity contribution is 5.88. The van der Waals surface area contributed by atoms with E-state index in [9.17, 15) is 9.59 Å². The number of piperazine rings is 2. The number of hydrogen-bond acceptors (Lipinski definition) is 6. The van der Waals surface area contributed by atoms with Crippen LogP contribution in [0.25, 0.3) is 5.69 Å². The van der Waals surface area contributed by atoms with Crippen LogP contribution in [0.3, 0.4) is 0 Å². The fourth-order valence-electron chi connectivity index (χ4n) is 3.62. The van der Waals surface area contributed by atoms with Gasteiger partial charge in [-0.15, -0.1) is 0 Å². The Morgan fingerprint density at radius 1 is 0.966 bits per heavy atom. The number of hydrogen-bond donors (Lipinski definition) is 3. The van der Waals surface area contributed by atoms with Crippen LogP contribution in [0.4, 0.5) is 10.6 Å². The number of aromatic nitrogens is 2.